The van der Waals surface area contributed by atoms with Gasteiger partial charge in [-0.1, -0.05) is 17.3 Å². The molecule has 0 bridgehead atoms. The molecule has 1 aromatic carbocycles. The Morgan fingerprint density at radius 2 is 2.07 bits per heavy atom. The summed E-state index contributed by atoms with van der Waals surface area (Å²) < 4.78 is 38.3. The summed E-state index contributed by atoms with van der Waals surface area (Å²) in [6, 6.07) is 9.23. The SMILES string of the molecule is CC(=NO)c1ccn2c(-c3cccc(NC(=O)NCC(F)(F)F)c3)cnc2c1. The van der Waals surface area contributed by atoms with E-state index >= 15 is 0 Å². The smallest absolute Gasteiger partial charge is 0.405 e. The molecule has 0 unspecified atom stereocenters. The van der Waals surface area contributed by atoms with Gasteiger partial charge < -0.3 is 15.8 Å². The fourth-order valence-electron chi connectivity index (χ4n) is 2.59. The average molecular weight is 391 g/mol. The van der Waals surface area contributed by atoms with E-state index in [1.807, 2.05) is 0 Å². The lowest BCUT2D eigenvalue weighted by Crippen LogP contribution is -2.36. The Morgan fingerprint density at radius 3 is 2.79 bits per heavy atom. The third-order valence-electron chi connectivity index (χ3n) is 3.95. The largest absolute Gasteiger partial charge is 0.411 e. The number of imidazole rings is 1. The van der Waals surface area contributed by atoms with E-state index in [4.69, 9.17) is 5.21 Å². The summed E-state index contributed by atoms with van der Waals surface area (Å²) in [7, 11) is 0. The number of aromatic nitrogens is 2. The van der Waals surface area contributed by atoms with Crippen molar-refractivity contribution < 1.29 is 23.2 Å². The van der Waals surface area contributed by atoms with Gasteiger partial charge in [0.2, 0.25) is 0 Å². The van der Waals surface area contributed by atoms with Crippen molar-refractivity contribution in [1.29, 1.82) is 0 Å². The molecular formula is C18H16F3N5O2. The Hall–Kier alpha value is -3.56. The van der Waals surface area contributed by atoms with Crippen molar-refractivity contribution in [2.75, 3.05) is 11.9 Å². The zero-order valence-electron chi connectivity index (χ0n) is 14.7. The highest BCUT2D eigenvalue weighted by molar-refractivity contribution is 5.99. The van der Waals surface area contributed by atoms with Gasteiger partial charge in [0.15, 0.2) is 0 Å². The van der Waals surface area contributed by atoms with Crippen molar-refractivity contribution in [3.8, 4) is 11.3 Å². The number of rotatable bonds is 4. The van der Waals surface area contributed by atoms with E-state index in [2.05, 4.69) is 15.5 Å². The maximum absolute atomic E-state index is 12.2. The molecule has 3 N–H and O–H groups in total. The minimum atomic E-state index is -4.48. The number of carbonyl (C=O) groups excluding carboxylic acids is 1. The molecule has 2 amide bonds. The zero-order valence-corrected chi connectivity index (χ0v) is 14.7. The number of hydrogen-bond acceptors (Lipinski definition) is 4. The second kappa shape index (κ2) is 7.59. The molecule has 2 heterocycles. The molecule has 0 aliphatic carbocycles. The molecule has 0 saturated heterocycles. The van der Waals surface area contributed by atoms with E-state index < -0.39 is 18.8 Å². The number of oxime groups is 1. The molecule has 0 saturated carbocycles. The molecule has 0 atom stereocenters. The molecule has 3 rings (SSSR count). The number of pyridine rings is 1. The van der Waals surface area contributed by atoms with Crippen LogP contribution in [0.25, 0.3) is 16.9 Å². The lowest BCUT2D eigenvalue weighted by Gasteiger charge is -2.11. The van der Waals surface area contributed by atoms with Gasteiger partial charge in [0.1, 0.15) is 12.2 Å². The monoisotopic (exact) mass is 391 g/mol. The number of anilines is 1. The number of urea groups is 1. The van der Waals surface area contributed by atoms with Crippen molar-refractivity contribution in [2.45, 2.75) is 13.1 Å². The molecule has 0 fully saturated rings. The van der Waals surface area contributed by atoms with Crippen LogP contribution in [-0.4, -0.2) is 39.1 Å². The summed E-state index contributed by atoms with van der Waals surface area (Å²) in [6.07, 6.45) is -1.08. The lowest BCUT2D eigenvalue weighted by atomic mass is 10.1. The van der Waals surface area contributed by atoms with Crippen molar-refractivity contribution in [1.82, 2.24) is 14.7 Å². The van der Waals surface area contributed by atoms with Gasteiger partial charge in [0, 0.05) is 23.0 Å². The quantitative estimate of drug-likeness (QED) is 0.358. The first-order valence-corrected chi connectivity index (χ1v) is 8.15. The topological polar surface area (TPSA) is 91.0 Å². The van der Waals surface area contributed by atoms with Gasteiger partial charge in [-0.15, -0.1) is 0 Å². The predicted octanol–water partition coefficient (Wildman–Crippen LogP) is 3.88. The van der Waals surface area contributed by atoms with Crippen LogP contribution in [0.3, 0.4) is 0 Å². The highest BCUT2D eigenvalue weighted by Crippen LogP contribution is 2.24. The standard InChI is InChI=1S/C18H16F3N5O2/c1-11(25-28)12-5-6-26-15(9-22-16(26)8-12)13-3-2-4-14(7-13)24-17(27)23-10-18(19,20)21/h2-9,28H,10H2,1H3,(H2,23,24,27). The number of hydrogen-bond donors (Lipinski definition) is 3. The summed E-state index contributed by atoms with van der Waals surface area (Å²) in [5, 5.41) is 16.2. The third-order valence-corrected chi connectivity index (χ3v) is 3.95. The predicted molar refractivity (Wildman–Crippen MR) is 97.7 cm³/mol. The molecule has 0 spiro atoms. The van der Waals surface area contributed by atoms with E-state index in [0.29, 0.717) is 28.2 Å². The van der Waals surface area contributed by atoms with E-state index in [0.717, 1.165) is 5.69 Å². The van der Waals surface area contributed by atoms with Crippen LogP contribution in [0.4, 0.5) is 23.7 Å². The van der Waals surface area contributed by atoms with Crippen molar-refractivity contribution in [3.63, 3.8) is 0 Å². The number of alkyl halides is 3. The maximum Gasteiger partial charge on any atom is 0.405 e. The van der Waals surface area contributed by atoms with Crippen LogP contribution in [0.1, 0.15) is 12.5 Å². The molecule has 0 aliphatic heterocycles. The fraction of sp³-hybridized carbons (Fsp3) is 0.167. The minimum Gasteiger partial charge on any atom is -0.411 e. The molecule has 10 heteroatoms. The van der Waals surface area contributed by atoms with Gasteiger partial charge in [-0.25, -0.2) is 9.78 Å². The number of nitrogens with one attached hydrogen (secondary N) is 2. The van der Waals surface area contributed by atoms with Gasteiger partial charge in [0.05, 0.1) is 17.6 Å². The van der Waals surface area contributed by atoms with Gasteiger partial charge in [-0.3, -0.25) is 4.40 Å². The third kappa shape index (κ3) is 4.40. The number of fused-ring (bicyclic) bond motifs is 1. The minimum absolute atomic E-state index is 0.340. The van der Waals surface area contributed by atoms with Crippen LogP contribution >= 0.6 is 0 Å². The number of carbonyl (C=O) groups is 1. The first-order chi connectivity index (χ1) is 13.3. The fourth-order valence-corrected chi connectivity index (χ4v) is 2.59. The van der Waals surface area contributed by atoms with Gasteiger partial charge in [-0.2, -0.15) is 13.2 Å². The highest BCUT2D eigenvalue weighted by Gasteiger charge is 2.27. The van der Waals surface area contributed by atoms with Crippen LogP contribution in [0.15, 0.2) is 53.9 Å². The maximum atomic E-state index is 12.2. The highest BCUT2D eigenvalue weighted by atomic mass is 19.4. The summed E-state index contributed by atoms with van der Waals surface area (Å²) in [6.45, 7) is 0.249. The Bertz CT molecular complexity index is 1040. The van der Waals surface area contributed by atoms with Crippen LogP contribution in [0.2, 0.25) is 0 Å². The van der Waals surface area contributed by atoms with E-state index in [1.165, 1.54) is 0 Å². The molecule has 28 heavy (non-hydrogen) atoms. The summed E-state index contributed by atoms with van der Waals surface area (Å²) in [4.78, 5) is 15.9. The molecule has 3 aromatic rings. The van der Waals surface area contributed by atoms with Crippen molar-refractivity contribution >= 4 is 23.1 Å². The van der Waals surface area contributed by atoms with E-state index in [-0.39, 0.29) is 0 Å². The Morgan fingerprint density at radius 1 is 1.29 bits per heavy atom. The van der Waals surface area contributed by atoms with Gasteiger partial charge in [-0.05, 0) is 31.2 Å². The molecular weight excluding hydrogens is 375 g/mol. The Balaban J connectivity index is 1.83. The average Bonchev–Trinajstić information content (AvgIpc) is 3.08. The van der Waals surface area contributed by atoms with Gasteiger partial charge in [0.25, 0.3) is 0 Å². The molecule has 146 valence electrons. The molecule has 0 aliphatic rings. The second-order valence-electron chi connectivity index (χ2n) is 5.98. The normalized spacial score (nSPS) is 12.2. The van der Waals surface area contributed by atoms with Crippen molar-refractivity contribution in [3.05, 3.63) is 54.4 Å². The second-order valence-corrected chi connectivity index (χ2v) is 5.98. The summed E-state index contributed by atoms with van der Waals surface area (Å²) >= 11 is 0. The number of amides is 2. The van der Waals surface area contributed by atoms with E-state index in [9.17, 15) is 18.0 Å². The van der Waals surface area contributed by atoms with E-state index in [1.54, 1.807) is 65.4 Å². The Labute approximate surface area is 157 Å². The van der Waals surface area contributed by atoms with Crippen LogP contribution in [0, 0.1) is 0 Å². The summed E-state index contributed by atoms with van der Waals surface area (Å²) in [5.74, 6) is 0. The van der Waals surface area contributed by atoms with Crippen LogP contribution < -0.4 is 10.6 Å². The molecule has 7 nitrogen and oxygen atoms in total. The number of nitrogens with zero attached hydrogens (tertiary/aromatic N) is 3. The lowest BCUT2D eigenvalue weighted by molar-refractivity contribution is -0.122. The molecule has 2 aromatic heterocycles. The zero-order chi connectivity index (χ0) is 20.3. The Kier molecular flexibility index (Phi) is 5.21. The first kappa shape index (κ1) is 19.2. The number of halogens is 3. The van der Waals surface area contributed by atoms with Crippen LogP contribution in [0.5, 0.6) is 0 Å². The molecule has 0 radical (unpaired) electrons. The van der Waals surface area contributed by atoms with Gasteiger partial charge >= 0.3 is 12.2 Å². The summed E-state index contributed by atoms with van der Waals surface area (Å²) in [5.41, 5.74) is 3.55. The van der Waals surface area contributed by atoms with Crippen molar-refractivity contribution in [2.24, 2.45) is 5.16 Å². The number of benzene rings is 1. The first-order valence-electron chi connectivity index (χ1n) is 8.15. The van der Waals surface area contributed by atoms with Crippen LogP contribution in [-0.2, 0) is 0 Å².